The lowest BCUT2D eigenvalue weighted by atomic mass is 9.92. The van der Waals surface area contributed by atoms with Gasteiger partial charge in [-0.15, -0.1) is 0 Å². The molecule has 0 aliphatic carbocycles. The number of likely N-dealkylation sites (tertiary alicyclic amines) is 1. The number of nitrogens with zero attached hydrogens (tertiary/aromatic N) is 2. The van der Waals surface area contributed by atoms with Crippen LogP contribution >= 0.6 is 0 Å². The van der Waals surface area contributed by atoms with Crippen molar-refractivity contribution in [2.24, 2.45) is 11.8 Å². The molecule has 118 valence electrons. The fraction of sp³-hybridized carbons (Fsp3) is 0.706. The molecule has 0 radical (unpaired) electrons. The van der Waals surface area contributed by atoms with E-state index >= 15 is 0 Å². The first kappa shape index (κ1) is 16.1. The zero-order valence-electron chi connectivity index (χ0n) is 13.7. The maximum absolute atomic E-state index is 11.8. The monoisotopic (exact) mass is 292 g/mol. The Morgan fingerprint density at radius 2 is 1.95 bits per heavy atom. The first-order chi connectivity index (χ1) is 9.90. The summed E-state index contributed by atoms with van der Waals surface area (Å²) in [6, 6.07) is 1.89. The van der Waals surface area contributed by atoms with Gasteiger partial charge in [0.2, 0.25) is 5.43 Å². The van der Waals surface area contributed by atoms with Crippen molar-refractivity contribution >= 4 is 0 Å². The molecule has 0 bridgehead atoms. The van der Waals surface area contributed by atoms with E-state index in [0.29, 0.717) is 11.8 Å². The maximum atomic E-state index is 11.8. The summed E-state index contributed by atoms with van der Waals surface area (Å²) in [6.07, 6.45) is 3.86. The molecule has 0 saturated carbocycles. The molecule has 1 fully saturated rings. The van der Waals surface area contributed by atoms with Crippen LogP contribution in [0.2, 0.25) is 0 Å². The van der Waals surface area contributed by atoms with Crippen molar-refractivity contribution in [1.82, 2.24) is 9.47 Å². The summed E-state index contributed by atoms with van der Waals surface area (Å²) in [5, 5.41) is 9.71. The van der Waals surface area contributed by atoms with Crippen LogP contribution < -0.4 is 5.43 Å². The number of pyridine rings is 1. The first-order valence-electron chi connectivity index (χ1n) is 8.07. The molecule has 2 heterocycles. The number of rotatable bonds is 4. The standard InChI is InChI=1S/C17H28N2O2/c1-5-14(4)19-11-17(21)16(20)7-15(19)10-18-8-12(2)6-13(3)9-18/h7,11-14,21H,5-6,8-10H2,1-4H3. The maximum Gasteiger partial charge on any atom is 0.223 e. The molecule has 0 aromatic carbocycles. The van der Waals surface area contributed by atoms with Crippen LogP contribution in [0.3, 0.4) is 0 Å². The summed E-state index contributed by atoms with van der Waals surface area (Å²) in [4.78, 5) is 14.2. The van der Waals surface area contributed by atoms with Crippen LogP contribution in [-0.2, 0) is 6.54 Å². The molecule has 21 heavy (non-hydrogen) atoms. The average Bonchev–Trinajstić information content (AvgIpc) is 2.40. The summed E-state index contributed by atoms with van der Waals surface area (Å²) in [5.74, 6) is 1.25. The quantitative estimate of drug-likeness (QED) is 0.928. The number of aromatic hydroxyl groups is 1. The Morgan fingerprint density at radius 3 is 2.52 bits per heavy atom. The Balaban J connectivity index is 2.26. The van der Waals surface area contributed by atoms with Gasteiger partial charge in [0, 0.05) is 37.4 Å². The van der Waals surface area contributed by atoms with Gasteiger partial charge < -0.3 is 9.67 Å². The number of hydrogen-bond donors (Lipinski definition) is 1. The van der Waals surface area contributed by atoms with Gasteiger partial charge in [0.05, 0.1) is 6.20 Å². The summed E-state index contributed by atoms with van der Waals surface area (Å²) >= 11 is 0. The van der Waals surface area contributed by atoms with Crippen molar-refractivity contribution in [3.63, 3.8) is 0 Å². The molecular formula is C17H28N2O2. The van der Waals surface area contributed by atoms with Crippen LogP contribution in [0.25, 0.3) is 0 Å². The van der Waals surface area contributed by atoms with Crippen molar-refractivity contribution < 1.29 is 5.11 Å². The van der Waals surface area contributed by atoms with Gasteiger partial charge >= 0.3 is 0 Å². The van der Waals surface area contributed by atoms with Crippen LogP contribution in [0.5, 0.6) is 5.75 Å². The number of aromatic nitrogens is 1. The molecule has 1 aromatic rings. The molecule has 4 nitrogen and oxygen atoms in total. The minimum Gasteiger partial charge on any atom is -0.503 e. The Kier molecular flexibility index (Phi) is 5.09. The predicted octanol–water partition coefficient (Wildman–Crippen LogP) is 3.00. The molecular weight excluding hydrogens is 264 g/mol. The van der Waals surface area contributed by atoms with Gasteiger partial charge in [0.25, 0.3) is 0 Å². The second-order valence-corrected chi connectivity index (χ2v) is 6.82. The van der Waals surface area contributed by atoms with Gasteiger partial charge in [-0.1, -0.05) is 20.8 Å². The van der Waals surface area contributed by atoms with Crippen LogP contribution in [-0.4, -0.2) is 27.7 Å². The van der Waals surface area contributed by atoms with Crippen molar-refractivity contribution in [2.75, 3.05) is 13.1 Å². The van der Waals surface area contributed by atoms with Crippen LogP contribution in [0.1, 0.15) is 52.3 Å². The molecule has 2 rings (SSSR count). The predicted molar refractivity (Wildman–Crippen MR) is 85.6 cm³/mol. The van der Waals surface area contributed by atoms with Gasteiger partial charge in [-0.2, -0.15) is 0 Å². The van der Waals surface area contributed by atoms with E-state index < -0.39 is 0 Å². The highest BCUT2D eigenvalue weighted by molar-refractivity contribution is 5.21. The molecule has 1 aliphatic rings. The summed E-state index contributed by atoms with van der Waals surface area (Å²) in [7, 11) is 0. The Labute approximate surface area is 127 Å². The van der Waals surface area contributed by atoms with Gasteiger partial charge in [0.15, 0.2) is 5.75 Å². The lowest BCUT2D eigenvalue weighted by Gasteiger charge is -2.35. The van der Waals surface area contributed by atoms with Crippen LogP contribution in [0.15, 0.2) is 17.1 Å². The normalized spacial score (nSPS) is 25.0. The van der Waals surface area contributed by atoms with E-state index in [2.05, 4.69) is 37.2 Å². The molecule has 1 saturated heterocycles. The second kappa shape index (κ2) is 6.65. The summed E-state index contributed by atoms with van der Waals surface area (Å²) < 4.78 is 2.06. The van der Waals surface area contributed by atoms with E-state index in [4.69, 9.17) is 0 Å². The third-order valence-corrected chi connectivity index (χ3v) is 4.54. The smallest absolute Gasteiger partial charge is 0.223 e. The zero-order chi connectivity index (χ0) is 15.6. The van der Waals surface area contributed by atoms with Crippen molar-refractivity contribution in [3.05, 3.63) is 28.2 Å². The van der Waals surface area contributed by atoms with Crippen LogP contribution in [0.4, 0.5) is 0 Å². The van der Waals surface area contributed by atoms with E-state index in [9.17, 15) is 9.90 Å². The van der Waals surface area contributed by atoms with Crippen molar-refractivity contribution in [1.29, 1.82) is 0 Å². The fourth-order valence-electron chi connectivity index (χ4n) is 3.46. The van der Waals surface area contributed by atoms with Gasteiger partial charge in [-0.3, -0.25) is 9.69 Å². The fourth-order valence-corrected chi connectivity index (χ4v) is 3.46. The lowest BCUT2D eigenvalue weighted by Crippen LogP contribution is -2.39. The highest BCUT2D eigenvalue weighted by Crippen LogP contribution is 2.24. The molecule has 4 heteroatoms. The average molecular weight is 292 g/mol. The van der Waals surface area contributed by atoms with E-state index in [1.807, 2.05) is 0 Å². The second-order valence-electron chi connectivity index (χ2n) is 6.82. The largest absolute Gasteiger partial charge is 0.503 e. The summed E-state index contributed by atoms with van der Waals surface area (Å²) in [6.45, 7) is 11.8. The molecule has 3 unspecified atom stereocenters. The highest BCUT2D eigenvalue weighted by Gasteiger charge is 2.23. The third kappa shape index (κ3) is 3.88. The first-order valence-corrected chi connectivity index (χ1v) is 8.07. The van der Waals surface area contributed by atoms with E-state index in [-0.39, 0.29) is 17.2 Å². The molecule has 1 N–H and O–H groups in total. The van der Waals surface area contributed by atoms with E-state index in [1.54, 1.807) is 12.3 Å². The Bertz CT molecular complexity index is 528. The van der Waals surface area contributed by atoms with Gasteiger partial charge in [-0.25, -0.2) is 0 Å². The number of hydrogen-bond acceptors (Lipinski definition) is 3. The van der Waals surface area contributed by atoms with Gasteiger partial charge in [0.1, 0.15) is 0 Å². The lowest BCUT2D eigenvalue weighted by molar-refractivity contribution is 0.130. The zero-order valence-corrected chi connectivity index (χ0v) is 13.7. The minimum atomic E-state index is -0.275. The van der Waals surface area contributed by atoms with Crippen LogP contribution in [0, 0.1) is 11.8 Å². The Hall–Kier alpha value is -1.29. The SMILES string of the molecule is CCC(C)n1cc(O)c(=O)cc1CN1CC(C)CC(C)C1. The molecule has 0 amide bonds. The molecule has 1 aliphatic heterocycles. The van der Waals surface area contributed by atoms with E-state index in [0.717, 1.165) is 31.7 Å². The topological polar surface area (TPSA) is 45.5 Å². The van der Waals surface area contributed by atoms with Crippen molar-refractivity contribution in [3.8, 4) is 5.75 Å². The molecule has 3 atom stereocenters. The Morgan fingerprint density at radius 1 is 1.33 bits per heavy atom. The summed E-state index contributed by atoms with van der Waals surface area (Å²) in [5.41, 5.74) is 0.733. The third-order valence-electron chi connectivity index (χ3n) is 4.54. The van der Waals surface area contributed by atoms with Gasteiger partial charge in [-0.05, 0) is 31.6 Å². The molecule has 0 spiro atoms. The van der Waals surface area contributed by atoms with Crippen molar-refractivity contribution in [2.45, 2.75) is 53.1 Å². The highest BCUT2D eigenvalue weighted by atomic mass is 16.3. The molecule has 1 aromatic heterocycles. The van der Waals surface area contributed by atoms with E-state index in [1.165, 1.54) is 6.42 Å². The minimum absolute atomic E-state index is 0.153. The number of piperidine rings is 1.